The van der Waals surface area contributed by atoms with E-state index in [0.29, 0.717) is 31.3 Å². The Hall–Kier alpha value is -1.30. The number of rotatable bonds is 4. The summed E-state index contributed by atoms with van der Waals surface area (Å²) in [7, 11) is 1.75. The summed E-state index contributed by atoms with van der Waals surface area (Å²) in [5.74, 6) is 0.766. The Kier molecular flexibility index (Phi) is 4.41. The van der Waals surface area contributed by atoms with Crippen LogP contribution in [0.2, 0.25) is 0 Å². The number of carbonyl (C=O) groups is 1. The maximum atomic E-state index is 10.7. The van der Waals surface area contributed by atoms with E-state index in [2.05, 4.69) is 20.9 Å². The number of hydrogen-bond acceptors (Lipinski definition) is 3. The van der Waals surface area contributed by atoms with Gasteiger partial charge in [-0.25, -0.2) is 0 Å². The molecule has 0 aromatic carbocycles. The van der Waals surface area contributed by atoms with Crippen LogP contribution in [0.3, 0.4) is 0 Å². The number of amides is 1. The van der Waals surface area contributed by atoms with Crippen LogP contribution in [0.4, 0.5) is 0 Å². The lowest BCUT2D eigenvalue weighted by atomic mass is 9.96. The summed E-state index contributed by atoms with van der Waals surface area (Å²) >= 11 is 0. The average molecular weight is 254 g/mol. The molecule has 2 fully saturated rings. The molecule has 102 valence electrons. The van der Waals surface area contributed by atoms with Crippen LogP contribution >= 0.6 is 0 Å². The van der Waals surface area contributed by atoms with Crippen LogP contribution in [0.1, 0.15) is 26.2 Å². The van der Waals surface area contributed by atoms with Crippen LogP contribution in [-0.2, 0) is 9.53 Å². The third-order valence-corrected chi connectivity index (χ3v) is 3.44. The Labute approximate surface area is 108 Å². The Morgan fingerprint density at radius 3 is 2.67 bits per heavy atom. The molecule has 0 saturated carbocycles. The van der Waals surface area contributed by atoms with E-state index in [1.807, 2.05) is 0 Å². The van der Waals surface area contributed by atoms with Gasteiger partial charge < -0.3 is 20.7 Å². The van der Waals surface area contributed by atoms with Gasteiger partial charge in [0, 0.05) is 27.1 Å². The molecule has 3 N–H and O–H groups in total. The van der Waals surface area contributed by atoms with Gasteiger partial charge in [-0.2, -0.15) is 0 Å². The molecule has 6 nitrogen and oxygen atoms in total. The van der Waals surface area contributed by atoms with E-state index in [1.165, 1.54) is 13.3 Å². The van der Waals surface area contributed by atoms with Gasteiger partial charge in [0.05, 0.1) is 18.2 Å². The van der Waals surface area contributed by atoms with Crippen molar-refractivity contribution in [2.24, 2.45) is 4.99 Å². The van der Waals surface area contributed by atoms with Crippen LogP contribution in [-0.4, -0.2) is 50.3 Å². The number of carbonyl (C=O) groups excluding carboxylic acids is 1. The Morgan fingerprint density at radius 2 is 2.11 bits per heavy atom. The van der Waals surface area contributed by atoms with Crippen molar-refractivity contribution in [3.8, 4) is 0 Å². The number of fused-ring (bicyclic) bond motifs is 2. The molecule has 3 unspecified atom stereocenters. The fourth-order valence-corrected chi connectivity index (χ4v) is 2.58. The molecular formula is C12H22N4O2. The summed E-state index contributed by atoms with van der Waals surface area (Å²) in [6, 6.07) is 0.371. The van der Waals surface area contributed by atoms with Crippen LogP contribution < -0.4 is 16.0 Å². The second-order valence-corrected chi connectivity index (χ2v) is 4.84. The normalized spacial score (nSPS) is 30.3. The van der Waals surface area contributed by atoms with Crippen LogP contribution in [0, 0.1) is 0 Å². The summed E-state index contributed by atoms with van der Waals surface area (Å²) in [6.45, 7) is 2.78. The summed E-state index contributed by atoms with van der Waals surface area (Å²) in [5.41, 5.74) is 0. The molecule has 2 saturated heterocycles. The molecule has 2 aliphatic rings. The lowest BCUT2D eigenvalue weighted by molar-refractivity contribution is -0.118. The van der Waals surface area contributed by atoms with Gasteiger partial charge in [0.25, 0.3) is 0 Å². The van der Waals surface area contributed by atoms with Crippen molar-refractivity contribution in [1.82, 2.24) is 16.0 Å². The van der Waals surface area contributed by atoms with Crippen molar-refractivity contribution >= 4 is 11.9 Å². The average Bonchev–Trinajstić information content (AvgIpc) is 2.94. The van der Waals surface area contributed by atoms with Crippen LogP contribution in [0.25, 0.3) is 0 Å². The second kappa shape index (κ2) is 6.04. The minimum absolute atomic E-state index is 0.0127. The van der Waals surface area contributed by atoms with Gasteiger partial charge in [-0.15, -0.1) is 0 Å². The monoisotopic (exact) mass is 254 g/mol. The van der Waals surface area contributed by atoms with Crippen molar-refractivity contribution in [2.75, 3.05) is 20.1 Å². The van der Waals surface area contributed by atoms with Crippen LogP contribution in [0.15, 0.2) is 4.99 Å². The summed E-state index contributed by atoms with van der Waals surface area (Å²) in [4.78, 5) is 14.9. The topological polar surface area (TPSA) is 74.8 Å². The predicted molar refractivity (Wildman–Crippen MR) is 69.5 cm³/mol. The smallest absolute Gasteiger partial charge is 0.216 e. The van der Waals surface area contributed by atoms with Gasteiger partial charge in [0.1, 0.15) is 0 Å². The lowest BCUT2D eigenvalue weighted by Gasteiger charge is -2.22. The summed E-state index contributed by atoms with van der Waals surface area (Å²) in [5, 5.41) is 9.30. The van der Waals surface area contributed by atoms with E-state index in [9.17, 15) is 4.79 Å². The van der Waals surface area contributed by atoms with E-state index in [-0.39, 0.29) is 5.91 Å². The lowest BCUT2D eigenvalue weighted by Crippen LogP contribution is -2.48. The zero-order valence-corrected chi connectivity index (χ0v) is 11.0. The van der Waals surface area contributed by atoms with Gasteiger partial charge in [0.15, 0.2) is 5.96 Å². The highest BCUT2D eigenvalue weighted by Gasteiger charge is 2.40. The van der Waals surface area contributed by atoms with Gasteiger partial charge >= 0.3 is 0 Å². The first-order valence-corrected chi connectivity index (χ1v) is 6.56. The van der Waals surface area contributed by atoms with Crippen molar-refractivity contribution in [3.05, 3.63) is 0 Å². The third-order valence-electron chi connectivity index (χ3n) is 3.44. The van der Waals surface area contributed by atoms with Crippen molar-refractivity contribution < 1.29 is 9.53 Å². The maximum absolute atomic E-state index is 10.7. The molecule has 0 spiro atoms. The number of nitrogens with zero attached hydrogens (tertiary/aromatic N) is 1. The molecule has 2 aliphatic heterocycles. The first kappa shape index (κ1) is 13.1. The van der Waals surface area contributed by atoms with E-state index < -0.39 is 0 Å². The number of hydrogen-bond donors (Lipinski definition) is 3. The molecule has 18 heavy (non-hydrogen) atoms. The van der Waals surface area contributed by atoms with E-state index in [0.717, 1.165) is 18.8 Å². The SMILES string of the molecule is CN=C(NCCNC(C)=O)NC1CC2CCC1O2. The zero-order chi connectivity index (χ0) is 13.0. The highest BCUT2D eigenvalue weighted by molar-refractivity contribution is 5.80. The maximum Gasteiger partial charge on any atom is 0.216 e. The fraction of sp³-hybridized carbons (Fsp3) is 0.833. The Morgan fingerprint density at radius 1 is 1.33 bits per heavy atom. The molecule has 6 heteroatoms. The predicted octanol–water partition coefficient (Wildman–Crippen LogP) is -0.393. The van der Waals surface area contributed by atoms with Crippen LogP contribution in [0.5, 0.6) is 0 Å². The minimum Gasteiger partial charge on any atom is -0.373 e. The van der Waals surface area contributed by atoms with Crippen molar-refractivity contribution in [1.29, 1.82) is 0 Å². The first-order chi connectivity index (χ1) is 8.69. The summed E-state index contributed by atoms with van der Waals surface area (Å²) < 4.78 is 5.79. The van der Waals surface area contributed by atoms with Crippen molar-refractivity contribution in [2.45, 2.75) is 44.4 Å². The molecule has 2 bridgehead atoms. The summed E-state index contributed by atoms with van der Waals surface area (Å²) in [6.07, 6.45) is 4.17. The van der Waals surface area contributed by atoms with Gasteiger partial charge in [-0.1, -0.05) is 0 Å². The molecule has 0 aromatic rings. The highest BCUT2D eigenvalue weighted by atomic mass is 16.5. The number of nitrogens with one attached hydrogen (secondary N) is 3. The van der Waals surface area contributed by atoms with Gasteiger partial charge in [0.2, 0.25) is 5.91 Å². The number of ether oxygens (including phenoxy) is 1. The molecule has 3 atom stereocenters. The molecular weight excluding hydrogens is 232 g/mol. The van der Waals surface area contributed by atoms with E-state index >= 15 is 0 Å². The standard InChI is InChI=1S/C12H22N4O2/c1-8(17)14-5-6-15-12(13-2)16-10-7-9-3-4-11(10)18-9/h9-11H,3-7H2,1-2H3,(H,14,17)(H2,13,15,16). The zero-order valence-electron chi connectivity index (χ0n) is 11.0. The Balaban J connectivity index is 1.68. The molecule has 0 radical (unpaired) electrons. The number of guanidine groups is 1. The first-order valence-electron chi connectivity index (χ1n) is 6.56. The van der Waals surface area contributed by atoms with E-state index in [1.54, 1.807) is 7.05 Å². The molecule has 0 aliphatic carbocycles. The molecule has 1 amide bonds. The quantitative estimate of drug-likeness (QED) is 0.363. The third kappa shape index (κ3) is 3.35. The molecule has 2 heterocycles. The highest BCUT2D eigenvalue weighted by Crippen LogP contribution is 2.34. The van der Waals surface area contributed by atoms with E-state index in [4.69, 9.17) is 4.74 Å². The second-order valence-electron chi connectivity index (χ2n) is 4.84. The minimum atomic E-state index is -0.0127. The van der Waals surface area contributed by atoms with Gasteiger partial charge in [-0.3, -0.25) is 9.79 Å². The molecule has 2 rings (SSSR count). The fourth-order valence-electron chi connectivity index (χ4n) is 2.58. The van der Waals surface area contributed by atoms with Crippen molar-refractivity contribution in [3.63, 3.8) is 0 Å². The largest absolute Gasteiger partial charge is 0.373 e. The number of aliphatic imine (C=N–C) groups is 1. The molecule has 0 aromatic heterocycles. The van der Waals surface area contributed by atoms with Gasteiger partial charge in [-0.05, 0) is 19.3 Å². The Bertz CT molecular complexity index is 332.